The van der Waals surface area contributed by atoms with Gasteiger partial charge in [-0.2, -0.15) is 0 Å². The molecule has 61 heavy (non-hydrogen) atoms. The number of aromatic nitrogens is 2. The van der Waals surface area contributed by atoms with Gasteiger partial charge in [-0.25, -0.2) is 0 Å². The maximum atomic E-state index is 5.46. The molecule has 3 aromatic heterocycles. The molecule has 0 saturated heterocycles. The highest BCUT2D eigenvalue weighted by Crippen LogP contribution is 2.75. The average Bonchev–Trinajstić information content (AvgIpc) is 3.69. The Morgan fingerprint density at radius 2 is 1.15 bits per heavy atom. The molecular formula is C56H35N3S2. The lowest BCUT2D eigenvalue weighted by molar-refractivity contribution is 0.761. The van der Waals surface area contributed by atoms with Gasteiger partial charge in [-0.05, 0) is 77.4 Å². The van der Waals surface area contributed by atoms with Gasteiger partial charge in [0.1, 0.15) is 5.54 Å². The van der Waals surface area contributed by atoms with Crippen LogP contribution in [0.5, 0.6) is 0 Å². The minimum Gasteiger partial charge on any atom is -0.311 e. The van der Waals surface area contributed by atoms with Crippen LogP contribution >= 0.6 is 23.1 Å². The lowest BCUT2D eigenvalue weighted by Gasteiger charge is -2.22. The first-order valence-corrected chi connectivity index (χ1v) is 22.6. The SMILES string of the molecule is C1=CC23CC2(SC(c2ccccc2)=N3)c2c1c1cc(-c3cccc4c5ccccc5n(-c5cccc(-c6ccc7sc8ccccc8c7c6)c5)c34)ccc1n2-c1ccccc1. The van der Waals surface area contributed by atoms with E-state index in [1.807, 2.05) is 23.1 Å². The van der Waals surface area contributed by atoms with Crippen molar-refractivity contribution >= 4 is 87.1 Å². The Bertz CT molecular complexity index is 3720. The highest BCUT2D eigenvalue weighted by Gasteiger charge is 2.75. The van der Waals surface area contributed by atoms with Crippen LogP contribution in [0.4, 0.5) is 0 Å². The van der Waals surface area contributed by atoms with Gasteiger partial charge >= 0.3 is 0 Å². The summed E-state index contributed by atoms with van der Waals surface area (Å²) in [6.45, 7) is 0. The van der Waals surface area contributed by atoms with Gasteiger partial charge in [0.15, 0.2) is 0 Å². The van der Waals surface area contributed by atoms with Crippen LogP contribution in [-0.2, 0) is 4.75 Å². The molecule has 11 aromatic rings. The second kappa shape index (κ2) is 12.3. The van der Waals surface area contributed by atoms with Gasteiger partial charge in [0.05, 0.1) is 32.0 Å². The van der Waals surface area contributed by atoms with Crippen molar-refractivity contribution in [1.29, 1.82) is 0 Å². The molecule has 14 rings (SSSR count). The Morgan fingerprint density at radius 3 is 2.05 bits per heavy atom. The number of fused-ring (bicyclic) bond motifs is 9. The van der Waals surface area contributed by atoms with E-state index < -0.39 is 0 Å². The normalized spacial score (nSPS) is 18.9. The second-order valence-electron chi connectivity index (χ2n) is 16.7. The predicted molar refractivity (Wildman–Crippen MR) is 260 cm³/mol. The maximum absolute atomic E-state index is 5.46. The number of aliphatic imine (C=N–C) groups is 1. The van der Waals surface area contributed by atoms with E-state index in [0.29, 0.717) is 0 Å². The summed E-state index contributed by atoms with van der Waals surface area (Å²) >= 11 is 3.83. The maximum Gasteiger partial charge on any atom is 0.103 e. The van der Waals surface area contributed by atoms with Gasteiger partial charge in [-0.15, -0.1) is 11.3 Å². The van der Waals surface area contributed by atoms with Crippen molar-refractivity contribution in [2.75, 3.05) is 0 Å². The third kappa shape index (κ3) is 4.68. The van der Waals surface area contributed by atoms with Crippen LogP contribution < -0.4 is 0 Å². The molecule has 2 unspecified atom stereocenters. The summed E-state index contributed by atoms with van der Waals surface area (Å²) in [5.74, 6) is 0. The van der Waals surface area contributed by atoms with Gasteiger partial charge in [0.2, 0.25) is 0 Å². The molecule has 8 aromatic carbocycles. The summed E-state index contributed by atoms with van der Waals surface area (Å²) in [6, 6.07) is 69.3. The topological polar surface area (TPSA) is 22.2 Å². The van der Waals surface area contributed by atoms with Crippen LogP contribution in [-0.4, -0.2) is 19.7 Å². The first-order chi connectivity index (χ1) is 30.2. The number of hydrogen-bond acceptors (Lipinski definition) is 3. The van der Waals surface area contributed by atoms with Crippen LogP contribution in [0, 0.1) is 0 Å². The minimum atomic E-state index is -0.218. The zero-order chi connectivity index (χ0) is 39.9. The molecule has 0 N–H and O–H groups in total. The quantitative estimate of drug-likeness (QED) is 0.170. The van der Waals surface area contributed by atoms with Crippen molar-refractivity contribution in [3.05, 3.63) is 211 Å². The van der Waals surface area contributed by atoms with Crippen LogP contribution in [0.2, 0.25) is 0 Å². The molecule has 0 spiro atoms. The number of thioether (sulfide) groups is 1. The molecule has 2 aliphatic carbocycles. The molecule has 1 aliphatic heterocycles. The molecule has 1 saturated carbocycles. The fraction of sp³-hybridized carbons (Fsp3) is 0.0536. The molecule has 0 bridgehead atoms. The van der Waals surface area contributed by atoms with E-state index in [4.69, 9.17) is 4.99 Å². The van der Waals surface area contributed by atoms with Gasteiger partial charge in [-0.1, -0.05) is 151 Å². The number of para-hydroxylation sites is 3. The first-order valence-electron chi connectivity index (χ1n) is 21.0. The molecular weight excluding hydrogens is 779 g/mol. The Balaban J connectivity index is 0.961. The zero-order valence-corrected chi connectivity index (χ0v) is 34.6. The average molecular weight is 814 g/mol. The Morgan fingerprint density at radius 1 is 0.475 bits per heavy atom. The number of benzene rings is 8. The fourth-order valence-corrected chi connectivity index (χ4v) is 13.4. The van der Waals surface area contributed by atoms with Crippen molar-refractivity contribution in [1.82, 2.24) is 9.13 Å². The number of nitrogens with zero attached hydrogens (tertiary/aromatic N) is 3. The highest BCUT2D eigenvalue weighted by molar-refractivity contribution is 8.15. The van der Waals surface area contributed by atoms with Gasteiger partial charge in [0.25, 0.3) is 0 Å². The lowest BCUT2D eigenvalue weighted by Crippen LogP contribution is -2.20. The first kappa shape index (κ1) is 33.9. The number of thiophene rings is 1. The molecule has 0 amide bonds. The number of hydrogen-bond donors (Lipinski definition) is 0. The van der Waals surface area contributed by atoms with Gasteiger partial charge < -0.3 is 9.13 Å². The summed E-state index contributed by atoms with van der Waals surface area (Å²) in [6.07, 6.45) is 5.80. The molecule has 5 heteroatoms. The van der Waals surface area contributed by atoms with Gasteiger partial charge in [-0.3, -0.25) is 4.99 Å². The standard InChI is InChI=1S/C56H35N3S2/c1-3-13-35(14-4-1)54-57-55-30-29-45-46-33-38(25-27-49(46)59(39-16-5-2-6-17-39)53(45)56(55,34-55)61-54)41-21-12-22-44-42-19-7-9-23-48(42)58(52(41)44)40-18-11-15-36(31-40)37-26-28-51-47(32-37)43-20-8-10-24-50(43)60-51/h1-33H,34H2. The smallest absolute Gasteiger partial charge is 0.103 e. The number of rotatable bonds is 5. The molecule has 3 aliphatic rings. The lowest BCUT2D eigenvalue weighted by atomic mass is 9.96. The Labute approximate surface area is 360 Å². The third-order valence-electron chi connectivity index (χ3n) is 13.4. The third-order valence-corrected chi connectivity index (χ3v) is 16.1. The van der Waals surface area contributed by atoms with Crippen LogP contribution in [0.15, 0.2) is 199 Å². The van der Waals surface area contributed by atoms with E-state index in [1.165, 1.54) is 97.6 Å². The van der Waals surface area contributed by atoms with Crippen LogP contribution in [0.25, 0.3) is 92.6 Å². The minimum absolute atomic E-state index is 0.143. The molecule has 286 valence electrons. The van der Waals surface area contributed by atoms with E-state index >= 15 is 0 Å². The molecule has 0 radical (unpaired) electrons. The van der Waals surface area contributed by atoms with E-state index in [1.54, 1.807) is 0 Å². The summed E-state index contributed by atoms with van der Waals surface area (Å²) in [7, 11) is 0. The van der Waals surface area contributed by atoms with Crippen molar-refractivity contribution in [2.24, 2.45) is 4.99 Å². The molecule has 2 atom stereocenters. The van der Waals surface area contributed by atoms with E-state index in [2.05, 4.69) is 209 Å². The summed E-state index contributed by atoms with van der Waals surface area (Å²) in [5.41, 5.74) is 14.5. The molecule has 4 heterocycles. The van der Waals surface area contributed by atoms with E-state index in [0.717, 1.165) is 17.2 Å². The molecule has 1 fully saturated rings. The summed E-state index contributed by atoms with van der Waals surface area (Å²) in [5, 5.41) is 7.56. The van der Waals surface area contributed by atoms with Crippen molar-refractivity contribution in [3.8, 4) is 33.6 Å². The fourth-order valence-electron chi connectivity index (χ4n) is 10.6. The van der Waals surface area contributed by atoms with E-state index in [9.17, 15) is 0 Å². The van der Waals surface area contributed by atoms with E-state index in [-0.39, 0.29) is 10.3 Å². The van der Waals surface area contributed by atoms with Crippen molar-refractivity contribution in [2.45, 2.75) is 16.7 Å². The zero-order valence-electron chi connectivity index (χ0n) is 32.9. The summed E-state index contributed by atoms with van der Waals surface area (Å²) in [4.78, 5) is 5.46. The monoisotopic (exact) mass is 813 g/mol. The Kier molecular flexibility index (Phi) is 6.84. The molecule has 3 nitrogen and oxygen atoms in total. The van der Waals surface area contributed by atoms with Gasteiger partial charge in [0, 0.05) is 70.8 Å². The second-order valence-corrected chi connectivity index (χ2v) is 19.1. The Hall–Kier alpha value is -6.92. The van der Waals surface area contributed by atoms with Crippen molar-refractivity contribution in [3.63, 3.8) is 0 Å². The summed E-state index contributed by atoms with van der Waals surface area (Å²) < 4.78 is 7.54. The van der Waals surface area contributed by atoms with Crippen LogP contribution in [0.1, 0.15) is 23.2 Å². The largest absolute Gasteiger partial charge is 0.311 e. The predicted octanol–water partition coefficient (Wildman–Crippen LogP) is 15.0. The van der Waals surface area contributed by atoms with Crippen LogP contribution in [0.3, 0.4) is 0 Å². The van der Waals surface area contributed by atoms with Crippen molar-refractivity contribution < 1.29 is 0 Å². The highest BCUT2D eigenvalue weighted by atomic mass is 32.2.